The molecule has 6 aromatic rings. The Bertz CT molecular complexity index is 1840. The molecule has 212 valence electrons. The summed E-state index contributed by atoms with van der Waals surface area (Å²) in [5.41, 5.74) is 6.97. The minimum atomic E-state index is -1.43. The van der Waals surface area contributed by atoms with E-state index in [1.807, 2.05) is 30.3 Å². The van der Waals surface area contributed by atoms with Gasteiger partial charge in [0.2, 0.25) is 0 Å². The van der Waals surface area contributed by atoms with Crippen LogP contribution < -0.4 is 0 Å². The minimum absolute atomic E-state index is 0.00285. The van der Waals surface area contributed by atoms with Crippen molar-refractivity contribution < 1.29 is 9.52 Å². The molecule has 6 rings (SSSR count). The molecule has 0 spiro atoms. The van der Waals surface area contributed by atoms with Crippen LogP contribution in [0, 0.1) is 0 Å². The molecule has 1 N–H and O–H groups in total. The van der Waals surface area contributed by atoms with Crippen LogP contribution in [0.5, 0.6) is 0 Å². The van der Waals surface area contributed by atoms with E-state index >= 15 is 0 Å². The van der Waals surface area contributed by atoms with Gasteiger partial charge in [0.15, 0.2) is 0 Å². The molecule has 0 aliphatic heterocycles. The highest BCUT2D eigenvalue weighted by Gasteiger charge is 2.37. The first-order valence-electron chi connectivity index (χ1n) is 14.5. The molecule has 0 atom stereocenters. The van der Waals surface area contributed by atoms with Crippen molar-refractivity contribution >= 4 is 37.9 Å². The number of hydrogen-bond acceptors (Lipinski definition) is 2. The quantitative estimate of drug-likeness (QED) is 0.200. The standard InChI is InChI=1S/C39H37BrO2/c1-37(2,3)25-14-18-27(19-15-25)39(41,28-20-16-26(17-21-28)38(4,5)6)34-24-29(40)22-23-30(34)32-11-9-12-33-31-10-7-8-13-35(31)42-36(32)33/h7-24,41H,1-6H3. The summed E-state index contributed by atoms with van der Waals surface area (Å²) in [4.78, 5) is 0. The topological polar surface area (TPSA) is 33.4 Å². The number of para-hydroxylation sites is 2. The number of benzene rings is 5. The van der Waals surface area contributed by atoms with Crippen LogP contribution in [0.4, 0.5) is 0 Å². The van der Waals surface area contributed by atoms with Crippen LogP contribution in [-0.2, 0) is 16.4 Å². The van der Waals surface area contributed by atoms with Crippen molar-refractivity contribution in [3.8, 4) is 11.1 Å². The average Bonchev–Trinajstić information content (AvgIpc) is 3.35. The second kappa shape index (κ2) is 10.3. The van der Waals surface area contributed by atoms with Crippen LogP contribution in [-0.4, -0.2) is 5.11 Å². The fourth-order valence-electron chi connectivity index (χ4n) is 5.91. The Balaban J connectivity index is 1.64. The van der Waals surface area contributed by atoms with Gasteiger partial charge in [0.05, 0.1) is 0 Å². The number of fused-ring (bicyclic) bond motifs is 3. The molecule has 3 heteroatoms. The summed E-state index contributed by atoms with van der Waals surface area (Å²) < 4.78 is 7.36. The maximum absolute atomic E-state index is 13.1. The van der Waals surface area contributed by atoms with Crippen molar-refractivity contribution in [2.75, 3.05) is 0 Å². The first-order valence-corrected chi connectivity index (χ1v) is 15.3. The summed E-state index contributed by atoms with van der Waals surface area (Å²) in [5.74, 6) is 0. The second-order valence-electron chi connectivity index (χ2n) is 13.3. The molecular formula is C39H37BrO2. The van der Waals surface area contributed by atoms with Crippen molar-refractivity contribution in [3.05, 3.63) is 141 Å². The third-order valence-electron chi connectivity index (χ3n) is 8.40. The normalized spacial score (nSPS) is 12.8. The first-order chi connectivity index (χ1) is 19.9. The largest absolute Gasteiger partial charge is 0.455 e. The van der Waals surface area contributed by atoms with E-state index in [0.29, 0.717) is 0 Å². The molecular weight excluding hydrogens is 580 g/mol. The lowest BCUT2D eigenvalue weighted by Crippen LogP contribution is -2.30. The number of rotatable bonds is 4. The van der Waals surface area contributed by atoms with Gasteiger partial charge < -0.3 is 9.52 Å². The van der Waals surface area contributed by atoms with Crippen LogP contribution in [0.25, 0.3) is 33.1 Å². The molecule has 0 saturated heterocycles. The van der Waals surface area contributed by atoms with Gasteiger partial charge in [-0.05, 0) is 56.8 Å². The molecule has 0 amide bonds. The summed E-state index contributed by atoms with van der Waals surface area (Å²) in [7, 11) is 0. The van der Waals surface area contributed by atoms with E-state index in [1.165, 1.54) is 11.1 Å². The third kappa shape index (κ3) is 4.89. The van der Waals surface area contributed by atoms with Crippen molar-refractivity contribution in [2.45, 2.75) is 58.0 Å². The van der Waals surface area contributed by atoms with Crippen LogP contribution in [0.1, 0.15) is 69.4 Å². The van der Waals surface area contributed by atoms with Crippen LogP contribution in [0.15, 0.2) is 118 Å². The zero-order valence-electron chi connectivity index (χ0n) is 25.1. The van der Waals surface area contributed by atoms with Crippen molar-refractivity contribution in [3.63, 3.8) is 0 Å². The Morgan fingerprint density at radius 3 is 1.64 bits per heavy atom. The van der Waals surface area contributed by atoms with Crippen molar-refractivity contribution in [1.29, 1.82) is 0 Å². The summed E-state index contributed by atoms with van der Waals surface area (Å²) >= 11 is 3.73. The van der Waals surface area contributed by atoms with E-state index in [9.17, 15) is 5.11 Å². The van der Waals surface area contributed by atoms with Crippen molar-refractivity contribution in [1.82, 2.24) is 0 Å². The molecule has 0 aliphatic carbocycles. The Labute approximate surface area is 257 Å². The van der Waals surface area contributed by atoms with Crippen LogP contribution >= 0.6 is 15.9 Å². The van der Waals surface area contributed by atoms with Crippen LogP contribution in [0.2, 0.25) is 0 Å². The Hall–Kier alpha value is -3.66. The highest BCUT2D eigenvalue weighted by atomic mass is 79.9. The average molecular weight is 618 g/mol. The molecule has 0 aliphatic rings. The number of halogens is 1. The monoisotopic (exact) mass is 616 g/mol. The zero-order chi connectivity index (χ0) is 29.9. The summed E-state index contributed by atoms with van der Waals surface area (Å²) in [6.45, 7) is 13.2. The third-order valence-corrected chi connectivity index (χ3v) is 8.90. The minimum Gasteiger partial charge on any atom is -0.455 e. The Kier molecular flexibility index (Phi) is 6.95. The van der Waals surface area contributed by atoms with Crippen LogP contribution in [0.3, 0.4) is 0 Å². The first kappa shape index (κ1) is 28.5. The van der Waals surface area contributed by atoms with Gasteiger partial charge in [-0.2, -0.15) is 0 Å². The number of furan rings is 1. The lowest BCUT2D eigenvalue weighted by molar-refractivity contribution is 0.126. The highest BCUT2D eigenvalue weighted by molar-refractivity contribution is 9.10. The Morgan fingerprint density at radius 2 is 1.07 bits per heavy atom. The van der Waals surface area contributed by atoms with Gasteiger partial charge in [0, 0.05) is 26.4 Å². The molecule has 0 unspecified atom stereocenters. The fraction of sp³-hybridized carbons (Fsp3) is 0.231. The summed E-state index contributed by atoms with van der Waals surface area (Å²) in [5, 5.41) is 15.3. The zero-order valence-corrected chi connectivity index (χ0v) is 26.7. The van der Waals surface area contributed by atoms with E-state index < -0.39 is 5.60 Å². The van der Waals surface area contributed by atoms with Gasteiger partial charge in [-0.1, -0.05) is 148 Å². The van der Waals surface area contributed by atoms with E-state index in [2.05, 4.69) is 136 Å². The smallest absolute Gasteiger partial charge is 0.143 e. The second-order valence-corrected chi connectivity index (χ2v) is 14.3. The molecule has 0 fully saturated rings. The summed E-state index contributed by atoms with van der Waals surface area (Å²) in [6.07, 6.45) is 0. The van der Waals surface area contributed by atoms with E-state index in [4.69, 9.17) is 4.42 Å². The molecule has 1 heterocycles. The SMILES string of the molecule is CC(C)(C)c1ccc(C(O)(c2ccc(C(C)(C)C)cc2)c2cc(Br)ccc2-c2cccc3c2oc2ccccc23)cc1. The predicted octanol–water partition coefficient (Wildman–Crippen LogP) is 10.9. The fourth-order valence-corrected chi connectivity index (χ4v) is 6.27. The van der Waals surface area contributed by atoms with Gasteiger partial charge in [0.25, 0.3) is 0 Å². The maximum atomic E-state index is 13.1. The molecule has 0 bridgehead atoms. The molecule has 1 aromatic heterocycles. The van der Waals surface area contributed by atoms with Gasteiger partial charge >= 0.3 is 0 Å². The maximum Gasteiger partial charge on any atom is 0.143 e. The lowest BCUT2D eigenvalue weighted by atomic mass is 9.75. The van der Waals surface area contributed by atoms with Gasteiger partial charge in [-0.25, -0.2) is 0 Å². The van der Waals surface area contributed by atoms with E-state index in [-0.39, 0.29) is 10.8 Å². The van der Waals surface area contributed by atoms with Gasteiger partial charge in [0.1, 0.15) is 16.8 Å². The van der Waals surface area contributed by atoms with E-state index in [0.717, 1.165) is 54.2 Å². The molecule has 5 aromatic carbocycles. The van der Waals surface area contributed by atoms with Crippen molar-refractivity contribution in [2.24, 2.45) is 0 Å². The predicted molar refractivity (Wildman–Crippen MR) is 179 cm³/mol. The molecule has 0 radical (unpaired) electrons. The molecule has 42 heavy (non-hydrogen) atoms. The molecule has 2 nitrogen and oxygen atoms in total. The Morgan fingerprint density at radius 1 is 0.548 bits per heavy atom. The van der Waals surface area contributed by atoms with E-state index in [1.54, 1.807) is 0 Å². The van der Waals surface area contributed by atoms with Gasteiger partial charge in [-0.3, -0.25) is 0 Å². The lowest BCUT2D eigenvalue weighted by Gasteiger charge is -2.33. The summed E-state index contributed by atoms with van der Waals surface area (Å²) in [6, 6.07) is 37.4. The number of hydrogen-bond donors (Lipinski definition) is 1. The highest BCUT2D eigenvalue weighted by Crippen LogP contribution is 2.46. The molecule has 0 saturated carbocycles. The van der Waals surface area contributed by atoms with Gasteiger partial charge in [-0.15, -0.1) is 0 Å². The number of aliphatic hydroxyl groups is 1.